The average molecular weight is 285 g/mol. The molecule has 2 aromatic heterocycles. The molecule has 3 rings (SSSR count). The number of amides is 1. The summed E-state index contributed by atoms with van der Waals surface area (Å²) in [6.45, 7) is 1.97. The van der Waals surface area contributed by atoms with E-state index >= 15 is 0 Å². The second-order valence-corrected chi connectivity index (χ2v) is 5.57. The quantitative estimate of drug-likeness (QED) is 0.717. The van der Waals surface area contributed by atoms with Gasteiger partial charge in [0.05, 0.1) is 11.6 Å². The Kier molecular flexibility index (Phi) is 3.32. The van der Waals surface area contributed by atoms with Crippen molar-refractivity contribution in [1.82, 2.24) is 4.90 Å². The van der Waals surface area contributed by atoms with Gasteiger partial charge in [-0.15, -0.1) is 0 Å². The Hall–Kier alpha value is -2.07. The molecule has 2 heterocycles. The first-order valence-electron chi connectivity index (χ1n) is 6.44. The van der Waals surface area contributed by atoms with Crippen LogP contribution in [0.25, 0.3) is 11.0 Å². The Morgan fingerprint density at radius 2 is 2.10 bits per heavy atom. The van der Waals surface area contributed by atoms with Gasteiger partial charge in [0.15, 0.2) is 0 Å². The van der Waals surface area contributed by atoms with E-state index in [9.17, 15) is 4.79 Å². The summed E-state index contributed by atoms with van der Waals surface area (Å²) in [5, 5.41) is 4.84. The van der Waals surface area contributed by atoms with Gasteiger partial charge < -0.3 is 9.32 Å². The molecule has 0 saturated heterocycles. The highest BCUT2D eigenvalue weighted by Gasteiger charge is 2.21. The number of carbonyl (C=O) groups is 1. The van der Waals surface area contributed by atoms with Crippen LogP contribution < -0.4 is 0 Å². The third-order valence-corrected chi connectivity index (χ3v) is 4.21. The zero-order chi connectivity index (χ0) is 14.1. The van der Waals surface area contributed by atoms with Gasteiger partial charge in [0.25, 0.3) is 5.91 Å². The zero-order valence-electron chi connectivity index (χ0n) is 11.4. The van der Waals surface area contributed by atoms with Gasteiger partial charge in [-0.25, -0.2) is 0 Å². The Morgan fingerprint density at radius 3 is 2.80 bits per heavy atom. The number of nitrogens with zero attached hydrogens (tertiary/aromatic N) is 1. The molecule has 0 N–H and O–H groups in total. The smallest absolute Gasteiger partial charge is 0.255 e. The van der Waals surface area contributed by atoms with Crippen molar-refractivity contribution in [2.75, 3.05) is 7.05 Å². The number of furan rings is 1. The van der Waals surface area contributed by atoms with E-state index in [-0.39, 0.29) is 11.9 Å². The van der Waals surface area contributed by atoms with Gasteiger partial charge in [-0.3, -0.25) is 4.79 Å². The molecule has 0 bridgehead atoms. The number of hydrogen-bond donors (Lipinski definition) is 0. The van der Waals surface area contributed by atoms with Crippen LogP contribution in [0.4, 0.5) is 0 Å². The Morgan fingerprint density at radius 1 is 1.30 bits per heavy atom. The van der Waals surface area contributed by atoms with Crippen molar-refractivity contribution in [3.05, 3.63) is 58.5 Å². The molecular formula is C16H15NO2S. The predicted octanol–water partition coefficient (Wildman–Crippen LogP) is 4.33. The molecule has 0 aliphatic heterocycles. The third-order valence-electron chi connectivity index (χ3n) is 3.53. The highest BCUT2D eigenvalue weighted by molar-refractivity contribution is 7.08. The average Bonchev–Trinajstić information content (AvgIpc) is 3.13. The van der Waals surface area contributed by atoms with Crippen molar-refractivity contribution in [3.8, 4) is 0 Å². The van der Waals surface area contributed by atoms with Gasteiger partial charge in [0.2, 0.25) is 0 Å². The molecule has 1 amide bonds. The molecule has 3 aromatic rings. The van der Waals surface area contributed by atoms with Gasteiger partial charge >= 0.3 is 0 Å². The van der Waals surface area contributed by atoms with Crippen LogP contribution in [-0.2, 0) is 0 Å². The normalized spacial score (nSPS) is 12.5. The number of hydrogen-bond acceptors (Lipinski definition) is 3. The summed E-state index contributed by atoms with van der Waals surface area (Å²) in [4.78, 5) is 14.0. The molecule has 3 nitrogen and oxygen atoms in total. The van der Waals surface area contributed by atoms with E-state index in [1.165, 1.54) is 11.3 Å². The van der Waals surface area contributed by atoms with Gasteiger partial charge in [-0.1, -0.05) is 18.2 Å². The number of para-hydroxylation sites is 1. The lowest BCUT2D eigenvalue weighted by molar-refractivity contribution is 0.0728. The minimum Gasteiger partial charge on any atom is -0.459 e. The maximum atomic E-state index is 12.3. The lowest BCUT2D eigenvalue weighted by atomic mass is 10.2. The summed E-state index contributed by atoms with van der Waals surface area (Å²) < 4.78 is 5.83. The van der Waals surface area contributed by atoms with Crippen LogP contribution in [0.5, 0.6) is 0 Å². The number of carbonyl (C=O) groups excluding carboxylic acids is 1. The van der Waals surface area contributed by atoms with E-state index in [1.54, 1.807) is 11.9 Å². The highest BCUT2D eigenvalue weighted by Crippen LogP contribution is 2.27. The molecule has 0 fully saturated rings. The topological polar surface area (TPSA) is 33.5 Å². The van der Waals surface area contributed by atoms with Gasteiger partial charge in [-0.05, 0) is 30.5 Å². The second-order valence-electron chi connectivity index (χ2n) is 4.79. The van der Waals surface area contributed by atoms with Crippen molar-refractivity contribution in [1.29, 1.82) is 0 Å². The van der Waals surface area contributed by atoms with E-state index in [4.69, 9.17) is 4.42 Å². The van der Waals surface area contributed by atoms with E-state index in [1.807, 2.05) is 54.1 Å². The fourth-order valence-electron chi connectivity index (χ4n) is 2.16. The predicted molar refractivity (Wildman–Crippen MR) is 81.0 cm³/mol. The first-order chi connectivity index (χ1) is 9.66. The van der Waals surface area contributed by atoms with E-state index in [0.717, 1.165) is 22.3 Å². The molecule has 20 heavy (non-hydrogen) atoms. The fraction of sp³-hybridized carbons (Fsp3) is 0.188. The van der Waals surface area contributed by atoms with E-state index < -0.39 is 0 Å². The summed E-state index contributed by atoms with van der Waals surface area (Å²) in [6, 6.07) is 11.6. The van der Waals surface area contributed by atoms with E-state index in [2.05, 4.69) is 0 Å². The number of rotatable bonds is 3. The Labute approximate surface area is 121 Å². The maximum Gasteiger partial charge on any atom is 0.255 e. The van der Waals surface area contributed by atoms with E-state index in [0.29, 0.717) is 0 Å². The largest absolute Gasteiger partial charge is 0.459 e. The van der Waals surface area contributed by atoms with Crippen molar-refractivity contribution in [2.24, 2.45) is 0 Å². The third kappa shape index (κ3) is 2.23. The molecular weight excluding hydrogens is 270 g/mol. The van der Waals surface area contributed by atoms with Crippen LogP contribution in [0.15, 0.2) is 51.6 Å². The van der Waals surface area contributed by atoms with Crippen LogP contribution in [0.2, 0.25) is 0 Å². The van der Waals surface area contributed by atoms with Crippen molar-refractivity contribution in [2.45, 2.75) is 13.0 Å². The number of thiophene rings is 1. The first kappa shape index (κ1) is 12.9. The molecule has 0 aliphatic carbocycles. The minimum absolute atomic E-state index is 0.0132. The Bertz CT molecular complexity index is 697. The molecule has 1 aromatic carbocycles. The van der Waals surface area contributed by atoms with Gasteiger partial charge in [0, 0.05) is 17.8 Å². The lowest BCUT2D eigenvalue weighted by Crippen LogP contribution is -2.29. The molecule has 0 aliphatic rings. The molecule has 0 radical (unpaired) electrons. The SMILES string of the molecule is C[C@@H](c1cc2ccccc2o1)N(C)C(=O)c1ccsc1. The first-order valence-corrected chi connectivity index (χ1v) is 7.39. The second kappa shape index (κ2) is 5.13. The summed E-state index contributed by atoms with van der Waals surface area (Å²) in [5.74, 6) is 0.816. The van der Waals surface area contributed by atoms with Gasteiger partial charge in [-0.2, -0.15) is 11.3 Å². The van der Waals surface area contributed by atoms with Crippen molar-refractivity contribution in [3.63, 3.8) is 0 Å². The summed E-state index contributed by atoms with van der Waals surface area (Å²) in [5.41, 5.74) is 1.58. The lowest BCUT2D eigenvalue weighted by Gasteiger charge is -2.22. The minimum atomic E-state index is -0.102. The van der Waals surface area contributed by atoms with Crippen LogP contribution >= 0.6 is 11.3 Å². The molecule has 0 saturated carbocycles. The van der Waals surface area contributed by atoms with Gasteiger partial charge in [0.1, 0.15) is 11.3 Å². The Balaban J connectivity index is 1.87. The fourth-order valence-corrected chi connectivity index (χ4v) is 2.79. The van der Waals surface area contributed by atoms with Crippen LogP contribution in [-0.4, -0.2) is 17.9 Å². The number of benzene rings is 1. The zero-order valence-corrected chi connectivity index (χ0v) is 12.2. The monoisotopic (exact) mass is 285 g/mol. The van der Waals surface area contributed by atoms with Crippen LogP contribution in [0.3, 0.4) is 0 Å². The van der Waals surface area contributed by atoms with Crippen LogP contribution in [0, 0.1) is 0 Å². The summed E-state index contributed by atoms with van der Waals surface area (Å²) >= 11 is 1.53. The number of fused-ring (bicyclic) bond motifs is 1. The van der Waals surface area contributed by atoms with Crippen molar-refractivity contribution < 1.29 is 9.21 Å². The summed E-state index contributed by atoms with van der Waals surface area (Å²) in [7, 11) is 1.80. The summed E-state index contributed by atoms with van der Waals surface area (Å²) in [6.07, 6.45) is 0. The highest BCUT2D eigenvalue weighted by atomic mass is 32.1. The maximum absolute atomic E-state index is 12.3. The van der Waals surface area contributed by atoms with Crippen LogP contribution in [0.1, 0.15) is 29.1 Å². The molecule has 4 heteroatoms. The molecule has 1 atom stereocenters. The van der Waals surface area contributed by atoms with Crippen molar-refractivity contribution >= 4 is 28.2 Å². The molecule has 0 spiro atoms. The standard InChI is InChI=1S/C16H15NO2S/c1-11(17(2)16(18)13-7-8-20-10-13)15-9-12-5-3-4-6-14(12)19-15/h3-11H,1-2H3/t11-/m0/s1. The molecule has 0 unspecified atom stereocenters. The molecule has 102 valence electrons.